The van der Waals surface area contributed by atoms with Crippen LogP contribution in [-0.4, -0.2) is 17.6 Å². The van der Waals surface area contributed by atoms with Gasteiger partial charge in [-0.3, -0.25) is 4.79 Å². The molecule has 6 heteroatoms. The normalized spacial score (nSPS) is 19.3. The molecule has 1 N–H and O–H groups in total. The SMILES string of the molecule is CCC1CCCCN1c1ccc2[nH]c(=O)cc(C(F)(F)F)c2c1. The minimum Gasteiger partial charge on any atom is -0.369 e. The maximum Gasteiger partial charge on any atom is 0.417 e. The van der Waals surface area contributed by atoms with Crippen molar-refractivity contribution < 1.29 is 13.2 Å². The van der Waals surface area contributed by atoms with E-state index in [2.05, 4.69) is 16.8 Å². The highest BCUT2D eigenvalue weighted by molar-refractivity contribution is 5.86. The molecule has 1 aromatic carbocycles. The van der Waals surface area contributed by atoms with E-state index in [1.54, 1.807) is 18.2 Å². The number of aromatic amines is 1. The Bertz CT molecular complexity index is 767. The summed E-state index contributed by atoms with van der Waals surface area (Å²) in [5.74, 6) is 0. The number of halogens is 3. The molecule has 3 rings (SSSR count). The number of rotatable bonds is 2. The number of aromatic nitrogens is 1. The predicted octanol–water partition coefficient (Wildman–Crippen LogP) is 4.32. The number of pyridine rings is 1. The van der Waals surface area contributed by atoms with Gasteiger partial charge in [-0.05, 0) is 43.9 Å². The summed E-state index contributed by atoms with van der Waals surface area (Å²) in [6.45, 7) is 2.96. The Morgan fingerprint density at radius 1 is 1.26 bits per heavy atom. The van der Waals surface area contributed by atoms with Crippen LogP contribution in [0.5, 0.6) is 0 Å². The van der Waals surface area contributed by atoms with Gasteiger partial charge in [0.25, 0.3) is 0 Å². The number of alkyl halides is 3. The summed E-state index contributed by atoms with van der Waals surface area (Å²) in [6.07, 6.45) is -0.310. The van der Waals surface area contributed by atoms with E-state index in [9.17, 15) is 18.0 Å². The number of anilines is 1. The van der Waals surface area contributed by atoms with Crippen molar-refractivity contribution in [2.75, 3.05) is 11.4 Å². The lowest BCUT2D eigenvalue weighted by atomic mass is 9.98. The molecule has 0 spiro atoms. The van der Waals surface area contributed by atoms with Gasteiger partial charge in [0, 0.05) is 35.2 Å². The van der Waals surface area contributed by atoms with E-state index < -0.39 is 17.3 Å². The first-order valence-electron chi connectivity index (χ1n) is 7.91. The van der Waals surface area contributed by atoms with Crippen LogP contribution >= 0.6 is 0 Å². The fourth-order valence-electron chi connectivity index (χ4n) is 3.42. The van der Waals surface area contributed by atoms with Gasteiger partial charge in [0.15, 0.2) is 0 Å². The first-order chi connectivity index (χ1) is 10.9. The van der Waals surface area contributed by atoms with Crippen LogP contribution in [0.3, 0.4) is 0 Å². The fraction of sp³-hybridized carbons (Fsp3) is 0.471. The summed E-state index contributed by atoms with van der Waals surface area (Å²) in [6, 6.07) is 5.93. The third kappa shape index (κ3) is 3.07. The standard InChI is InChI=1S/C17H19F3N2O/c1-2-11-5-3-4-8-22(11)12-6-7-15-13(9-12)14(17(18,19)20)10-16(23)21-15/h6-7,9-11H,2-5,8H2,1H3,(H,21,23). The Hall–Kier alpha value is -1.98. The molecule has 0 saturated carbocycles. The molecule has 1 unspecified atom stereocenters. The Kier molecular flexibility index (Phi) is 4.08. The monoisotopic (exact) mass is 324 g/mol. The molecular weight excluding hydrogens is 305 g/mol. The van der Waals surface area contributed by atoms with Crippen molar-refractivity contribution in [3.05, 3.63) is 40.2 Å². The maximum absolute atomic E-state index is 13.2. The average Bonchev–Trinajstić information content (AvgIpc) is 2.52. The lowest BCUT2D eigenvalue weighted by Crippen LogP contribution is -2.39. The zero-order valence-electron chi connectivity index (χ0n) is 12.9. The van der Waals surface area contributed by atoms with Gasteiger partial charge in [-0.1, -0.05) is 6.92 Å². The Morgan fingerprint density at radius 2 is 2.04 bits per heavy atom. The summed E-state index contributed by atoms with van der Waals surface area (Å²) >= 11 is 0. The highest BCUT2D eigenvalue weighted by Crippen LogP contribution is 2.36. The number of hydrogen-bond acceptors (Lipinski definition) is 2. The van der Waals surface area contributed by atoms with E-state index in [1.807, 2.05) is 0 Å². The third-order valence-electron chi connectivity index (χ3n) is 4.56. The lowest BCUT2D eigenvalue weighted by Gasteiger charge is -2.37. The molecule has 0 radical (unpaired) electrons. The molecule has 2 aromatic rings. The summed E-state index contributed by atoms with van der Waals surface area (Å²) in [7, 11) is 0. The van der Waals surface area contributed by atoms with E-state index in [4.69, 9.17) is 0 Å². The fourth-order valence-corrected chi connectivity index (χ4v) is 3.42. The molecule has 3 nitrogen and oxygen atoms in total. The van der Waals surface area contributed by atoms with Crippen molar-refractivity contribution in [1.29, 1.82) is 0 Å². The van der Waals surface area contributed by atoms with Crippen molar-refractivity contribution in [3.63, 3.8) is 0 Å². The van der Waals surface area contributed by atoms with Crippen molar-refractivity contribution in [2.45, 2.75) is 44.8 Å². The second-order valence-corrected chi connectivity index (χ2v) is 6.03. The van der Waals surface area contributed by atoms with E-state index in [0.29, 0.717) is 12.1 Å². The molecule has 1 aliphatic rings. The highest BCUT2D eigenvalue weighted by atomic mass is 19.4. The summed E-state index contributed by atoms with van der Waals surface area (Å²) in [4.78, 5) is 16.1. The van der Waals surface area contributed by atoms with Crippen LogP contribution in [0.4, 0.5) is 18.9 Å². The number of fused-ring (bicyclic) bond motifs is 1. The van der Waals surface area contributed by atoms with Gasteiger partial charge in [0.2, 0.25) is 5.56 Å². The summed E-state index contributed by atoms with van der Waals surface area (Å²) in [5, 5.41) is 0.0510. The maximum atomic E-state index is 13.2. The Balaban J connectivity index is 2.14. The van der Waals surface area contributed by atoms with Gasteiger partial charge < -0.3 is 9.88 Å². The van der Waals surface area contributed by atoms with Crippen LogP contribution in [0.1, 0.15) is 38.2 Å². The zero-order chi connectivity index (χ0) is 16.6. The number of nitrogens with one attached hydrogen (secondary N) is 1. The molecule has 124 valence electrons. The molecule has 1 atom stereocenters. The molecule has 23 heavy (non-hydrogen) atoms. The van der Waals surface area contributed by atoms with Crippen LogP contribution in [0.25, 0.3) is 10.9 Å². The number of benzene rings is 1. The van der Waals surface area contributed by atoms with Crippen LogP contribution in [0.15, 0.2) is 29.1 Å². The minimum absolute atomic E-state index is 0.0510. The molecular formula is C17H19F3N2O. The molecule has 0 amide bonds. The second-order valence-electron chi connectivity index (χ2n) is 6.03. The van der Waals surface area contributed by atoms with E-state index in [0.717, 1.165) is 37.9 Å². The quantitative estimate of drug-likeness (QED) is 0.893. The predicted molar refractivity (Wildman–Crippen MR) is 84.8 cm³/mol. The second kappa shape index (κ2) is 5.91. The minimum atomic E-state index is -4.54. The van der Waals surface area contributed by atoms with Crippen molar-refractivity contribution in [1.82, 2.24) is 4.98 Å². The lowest BCUT2D eigenvalue weighted by molar-refractivity contribution is -0.136. The zero-order valence-corrected chi connectivity index (χ0v) is 12.9. The summed E-state index contributed by atoms with van der Waals surface area (Å²) < 4.78 is 39.7. The van der Waals surface area contributed by atoms with Gasteiger partial charge in [0.1, 0.15) is 0 Å². The van der Waals surface area contributed by atoms with Crippen molar-refractivity contribution >= 4 is 16.6 Å². The summed E-state index contributed by atoms with van der Waals surface area (Å²) in [5.41, 5.74) is -0.592. The molecule has 0 bridgehead atoms. The smallest absolute Gasteiger partial charge is 0.369 e. The van der Waals surface area contributed by atoms with Crippen LogP contribution in [-0.2, 0) is 6.18 Å². The number of hydrogen-bond donors (Lipinski definition) is 1. The first kappa shape index (κ1) is 15.9. The van der Waals surface area contributed by atoms with Crippen LogP contribution < -0.4 is 10.5 Å². The highest BCUT2D eigenvalue weighted by Gasteiger charge is 2.33. The van der Waals surface area contributed by atoms with E-state index in [-0.39, 0.29) is 10.9 Å². The molecule has 1 aliphatic heterocycles. The topological polar surface area (TPSA) is 36.1 Å². The molecule has 1 aromatic heterocycles. The number of piperidine rings is 1. The molecule has 1 fully saturated rings. The average molecular weight is 324 g/mol. The van der Waals surface area contributed by atoms with E-state index >= 15 is 0 Å². The third-order valence-corrected chi connectivity index (χ3v) is 4.56. The number of H-pyrrole nitrogens is 1. The molecule has 0 aliphatic carbocycles. The Labute approximate surface area is 132 Å². The first-order valence-corrected chi connectivity index (χ1v) is 7.91. The van der Waals surface area contributed by atoms with Gasteiger partial charge in [0.05, 0.1) is 5.56 Å². The van der Waals surface area contributed by atoms with Gasteiger partial charge in [-0.2, -0.15) is 13.2 Å². The van der Waals surface area contributed by atoms with Gasteiger partial charge in [-0.25, -0.2) is 0 Å². The Morgan fingerprint density at radius 3 is 2.74 bits per heavy atom. The molecule has 2 heterocycles. The number of nitrogens with zero attached hydrogens (tertiary/aromatic N) is 1. The van der Waals surface area contributed by atoms with Crippen LogP contribution in [0.2, 0.25) is 0 Å². The van der Waals surface area contributed by atoms with Crippen molar-refractivity contribution in [3.8, 4) is 0 Å². The van der Waals surface area contributed by atoms with Crippen molar-refractivity contribution in [2.24, 2.45) is 0 Å². The van der Waals surface area contributed by atoms with Gasteiger partial charge >= 0.3 is 6.18 Å². The largest absolute Gasteiger partial charge is 0.417 e. The van der Waals surface area contributed by atoms with Crippen LogP contribution in [0, 0.1) is 0 Å². The molecule has 1 saturated heterocycles. The van der Waals surface area contributed by atoms with E-state index in [1.165, 1.54) is 0 Å². The van der Waals surface area contributed by atoms with Gasteiger partial charge in [-0.15, -0.1) is 0 Å².